The van der Waals surface area contributed by atoms with Crippen molar-refractivity contribution in [3.05, 3.63) is 23.8 Å². The number of rotatable bonds is 5. The smallest absolute Gasteiger partial charge is 0.231 e. The van der Waals surface area contributed by atoms with Crippen molar-refractivity contribution in [1.29, 1.82) is 0 Å². The zero-order valence-electron chi connectivity index (χ0n) is 12.1. The molecule has 21 heavy (non-hydrogen) atoms. The van der Waals surface area contributed by atoms with Crippen LogP contribution in [-0.4, -0.2) is 72.2 Å². The van der Waals surface area contributed by atoms with E-state index in [2.05, 4.69) is 15.9 Å². The number of aliphatic hydroxyl groups is 2. The fourth-order valence-corrected chi connectivity index (χ4v) is 2.78. The number of benzene rings is 1. The summed E-state index contributed by atoms with van der Waals surface area (Å²) in [6.45, 7) is 5.35. The highest BCUT2D eigenvalue weighted by Gasteiger charge is 2.20. The van der Waals surface area contributed by atoms with Crippen LogP contribution in [0.15, 0.2) is 18.2 Å². The Morgan fingerprint density at radius 2 is 1.76 bits per heavy atom. The van der Waals surface area contributed by atoms with Crippen LogP contribution in [0, 0.1) is 0 Å². The highest BCUT2D eigenvalue weighted by molar-refractivity contribution is 5.44. The summed E-state index contributed by atoms with van der Waals surface area (Å²) in [5.41, 5.74) is 1.23. The van der Waals surface area contributed by atoms with Crippen LogP contribution in [0.25, 0.3) is 0 Å². The lowest BCUT2D eigenvalue weighted by Gasteiger charge is -2.35. The second-order valence-corrected chi connectivity index (χ2v) is 5.60. The van der Waals surface area contributed by atoms with Crippen LogP contribution in [0.1, 0.15) is 5.56 Å². The number of piperazine rings is 1. The zero-order valence-corrected chi connectivity index (χ0v) is 12.1. The van der Waals surface area contributed by atoms with Crippen LogP contribution in [0.3, 0.4) is 0 Å². The quantitative estimate of drug-likeness (QED) is 0.790. The Kier molecular flexibility index (Phi) is 4.60. The first-order chi connectivity index (χ1) is 10.2. The summed E-state index contributed by atoms with van der Waals surface area (Å²) in [4.78, 5) is 4.58. The lowest BCUT2D eigenvalue weighted by molar-refractivity contribution is 0.0383. The summed E-state index contributed by atoms with van der Waals surface area (Å²) in [6.07, 6.45) is -0.634. The molecule has 0 spiro atoms. The summed E-state index contributed by atoms with van der Waals surface area (Å²) in [5, 5.41) is 18.3. The minimum absolute atomic E-state index is 0.169. The van der Waals surface area contributed by atoms with Crippen molar-refractivity contribution < 1.29 is 19.7 Å². The lowest BCUT2D eigenvalue weighted by Crippen LogP contribution is -2.48. The van der Waals surface area contributed by atoms with Crippen molar-refractivity contribution >= 4 is 0 Å². The Bertz CT molecular complexity index is 475. The normalized spacial score (nSPS) is 20.7. The number of fused-ring (bicyclic) bond motifs is 1. The maximum Gasteiger partial charge on any atom is 0.231 e. The molecule has 1 aromatic carbocycles. The van der Waals surface area contributed by atoms with Crippen molar-refractivity contribution in [1.82, 2.24) is 9.80 Å². The van der Waals surface area contributed by atoms with Gasteiger partial charge in [-0.3, -0.25) is 9.80 Å². The molecule has 1 saturated heterocycles. The van der Waals surface area contributed by atoms with Gasteiger partial charge in [-0.05, 0) is 17.7 Å². The van der Waals surface area contributed by atoms with E-state index in [0.717, 1.165) is 44.2 Å². The topological polar surface area (TPSA) is 65.4 Å². The third-order valence-corrected chi connectivity index (χ3v) is 3.99. The standard InChI is InChI=1S/C15H22N2O4/c18-10-13(19)9-17-5-3-16(4-6-17)8-12-1-2-14-15(7-12)21-11-20-14/h1-2,7,13,18-19H,3-6,8-11H2. The molecule has 2 aliphatic heterocycles. The average molecular weight is 294 g/mol. The molecule has 0 saturated carbocycles. The fraction of sp³-hybridized carbons (Fsp3) is 0.600. The summed E-state index contributed by atoms with van der Waals surface area (Å²) in [5.74, 6) is 1.65. The van der Waals surface area contributed by atoms with Crippen LogP contribution in [-0.2, 0) is 6.54 Å². The molecule has 3 rings (SSSR count). The minimum atomic E-state index is -0.634. The Morgan fingerprint density at radius 1 is 1.05 bits per heavy atom. The first-order valence-electron chi connectivity index (χ1n) is 7.37. The Hall–Kier alpha value is -1.34. The first kappa shape index (κ1) is 14.6. The van der Waals surface area contributed by atoms with Gasteiger partial charge in [-0.15, -0.1) is 0 Å². The molecule has 2 heterocycles. The van der Waals surface area contributed by atoms with Gasteiger partial charge >= 0.3 is 0 Å². The van der Waals surface area contributed by atoms with Gasteiger partial charge in [0.15, 0.2) is 11.5 Å². The van der Waals surface area contributed by atoms with Gasteiger partial charge in [0.1, 0.15) is 0 Å². The molecule has 1 unspecified atom stereocenters. The van der Waals surface area contributed by atoms with Gasteiger partial charge in [0.2, 0.25) is 6.79 Å². The molecule has 0 amide bonds. The summed E-state index contributed by atoms with van der Waals surface area (Å²) >= 11 is 0. The highest BCUT2D eigenvalue weighted by Crippen LogP contribution is 2.32. The summed E-state index contributed by atoms with van der Waals surface area (Å²) < 4.78 is 10.7. The molecule has 1 fully saturated rings. The van der Waals surface area contributed by atoms with Crippen molar-refractivity contribution in [2.75, 3.05) is 46.1 Å². The summed E-state index contributed by atoms with van der Waals surface area (Å²) in [6, 6.07) is 6.09. The molecule has 0 aliphatic carbocycles. The third kappa shape index (κ3) is 3.65. The number of ether oxygens (including phenoxy) is 2. The number of β-amino-alcohol motifs (C(OH)–C–C–N with tert-alkyl or cyclic N) is 1. The number of hydrogen-bond acceptors (Lipinski definition) is 6. The lowest BCUT2D eigenvalue weighted by atomic mass is 10.1. The van der Waals surface area contributed by atoms with Crippen LogP contribution >= 0.6 is 0 Å². The summed E-state index contributed by atoms with van der Waals surface area (Å²) in [7, 11) is 0. The van der Waals surface area contributed by atoms with Gasteiger partial charge in [0.25, 0.3) is 0 Å². The van der Waals surface area contributed by atoms with Crippen molar-refractivity contribution in [2.24, 2.45) is 0 Å². The average Bonchev–Trinajstić information content (AvgIpc) is 2.96. The van der Waals surface area contributed by atoms with Gasteiger partial charge in [0.05, 0.1) is 12.7 Å². The largest absolute Gasteiger partial charge is 0.454 e. The number of aliphatic hydroxyl groups excluding tert-OH is 2. The molecule has 0 radical (unpaired) electrons. The molecule has 2 aliphatic rings. The van der Waals surface area contributed by atoms with Crippen LogP contribution in [0.4, 0.5) is 0 Å². The molecule has 116 valence electrons. The molecule has 2 N–H and O–H groups in total. The number of nitrogens with zero attached hydrogens (tertiary/aromatic N) is 2. The maximum atomic E-state index is 9.47. The van der Waals surface area contributed by atoms with Gasteiger partial charge in [-0.1, -0.05) is 6.07 Å². The molecule has 1 atom stereocenters. The zero-order chi connectivity index (χ0) is 14.7. The predicted molar refractivity (Wildman–Crippen MR) is 77.4 cm³/mol. The van der Waals surface area contributed by atoms with Gasteiger partial charge in [-0.25, -0.2) is 0 Å². The van der Waals surface area contributed by atoms with E-state index in [9.17, 15) is 5.11 Å². The minimum Gasteiger partial charge on any atom is -0.454 e. The first-order valence-corrected chi connectivity index (χ1v) is 7.37. The molecular weight excluding hydrogens is 272 g/mol. The number of hydrogen-bond donors (Lipinski definition) is 2. The molecule has 1 aromatic rings. The van der Waals surface area contributed by atoms with Gasteiger partial charge in [-0.2, -0.15) is 0 Å². The highest BCUT2D eigenvalue weighted by atomic mass is 16.7. The van der Waals surface area contributed by atoms with Crippen LogP contribution < -0.4 is 9.47 Å². The van der Waals surface area contributed by atoms with Crippen LogP contribution in [0.5, 0.6) is 11.5 Å². The monoisotopic (exact) mass is 294 g/mol. The van der Waals surface area contributed by atoms with E-state index in [1.807, 2.05) is 12.1 Å². The predicted octanol–water partition coefficient (Wildman–Crippen LogP) is -0.114. The van der Waals surface area contributed by atoms with Crippen molar-refractivity contribution in [3.8, 4) is 11.5 Å². The second kappa shape index (κ2) is 6.62. The van der Waals surface area contributed by atoms with Crippen molar-refractivity contribution in [3.63, 3.8) is 0 Å². The van der Waals surface area contributed by atoms with E-state index >= 15 is 0 Å². The maximum absolute atomic E-state index is 9.47. The molecule has 6 heteroatoms. The fourth-order valence-electron chi connectivity index (χ4n) is 2.78. The van der Waals surface area contributed by atoms with Crippen molar-refractivity contribution in [2.45, 2.75) is 12.6 Å². The molecule has 0 aromatic heterocycles. The molecule has 6 nitrogen and oxygen atoms in total. The molecular formula is C15H22N2O4. The van der Waals surface area contributed by atoms with E-state index in [0.29, 0.717) is 13.3 Å². The van der Waals surface area contributed by atoms with E-state index in [-0.39, 0.29) is 6.61 Å². The Balaban J connectivity index is 1.49. The van der Waals surface area contributed by atoms with Gasteiger partial charge < -0.3 is 19.7 Å². The van der Waals surface area contributed by atoms with Crippen LogP contribution in [0.2, 0.25) is 0 Å². The van der Waals surface area contributed by atoms with Gasteiger partial charge in [0, 0.05) is 39.3 Å². The van der Waals surface area contributed by atoms with E-state index in [4.69, 9.17) is 14.6 Å². The second-order valence-electron chi connectivity index (χ2n) is 5.60. The SMILES string of the molecule is OCC(O)CN1CCN(Cc2ccc3c(c2)OCO3)CC1. The van der Waals surface area contributed by atoms with E-state index in [1.54, 1.807) is 0 Å². The Morgan fingerprint density at radius 3 is 2.52 bits per heavy atom. The molecule has 0 bridgehead atoms. The third-order valence-electron chi connectivity index (χ3n) is 3.99. The van der Waals surface area contributed by atoms with E-state index in [1.165, 1.54) is 5.56 Å². The van der Waals surface area contributed by atoms with E-state index < -0.39 is 6.10 Å². The Labute approximate surface area is 124 Å².